The lowest BCUT2D eigenvalue weighted by atomic mass is 10.0. The molecular weight excluding hydrogens is 289 g/mol. The van der Waals surface area contributed by atoms with E-state index in [0.717, 1.165) is 15.6 Å². The molecule has 2 aromatic rings. The smallest absolute Gasteiger partial charge is 0.124 e. The molecule has 1 unspecified atom stereocenters. The zero-order chi connectivity index (χ0) is 11.5. The van der Waals surface area contributed by atoms with Crippen molar-refractivity contribution in [2.24, 2.45) is 5.73 Å². The molecule has 1 aromatic carbocycles. The summed E-state index contributed by atoms with van der Waals surface area (Å²) in [5.41, 5.74) is 8.22. The zero-order valence-electron chi connectivity index (χ0n) is 8.49. The highest BCUT2D eigenvalue weighted by Crippen LogP contribution is 2.24. The fourth-order valence-electron chi connectivity index (χ4n) is 1.53. The van der Waals surface area contributed by atoms with E-state index in [2.05, 4.69) is 15.9 Å². The fourth-order valence-corrected chi connectivity index (χ4v) is 2.77. The Bertz CT molecular complexity index is 470. The van der Waals surface area contributed by atoms with Crippen LogP contribution in [0.15, 0.2) is 39.5 Å². The first-order chi connectivity index (χ1) is 7.66. The number of nitrogens with two attached hydrogens (primary N) is 1. The van der Waals surface area contributed by atoms with Crippen LogP contribution in [0.25, 0.3) is 0 Å². The standard InChI is InChI=1S/C12H11BrFNS/c13-11-6-10(14)2-1-8(11)5-12(15)9-3-4-16-7-9/h1-4,6-7,12H,5,15H2. The predicted molar refractivity (Wildman–Crippen MR) is 69.1 cm³/mol. The molecule has 1 heterocycles. The Labute approximate surface area is 106 Å². The molecule has 0 aliphatic carbocycles. The minimum Gasteiger partial charge on any atom is -0.324 e. The van der Waals surface area contributed by atoms with Gasteiger partial charge < -0.3 is 5.73 Å². The summed E-state index contributed by atoms with van der Waals surface area (Å²) >= 11 is 4.98. The van der Waals surface area contributed by atoms with Gasteiger partial charge in [-0.15, -0.1) is 0 Å². The third kappa shape index (κ3) is 2.70. The highest BCUT2D eigenvalue weighted by Gasteiger charge is 2.10. The first-order valence-electron chi connectivity index (χ1n) is 4.88. The summed E-state index contributed by atoms with van der Waals surface area (Å²) in [5, 5.41) is 4.05. The number of benzene rings is 1. The van der Waals surface area contributed by atoms with Crippen LogP contribution in [0.4, 0.5) is 4.39 Å². The predicted octanol–water partition coefficient (Wildman–Crippen LogP) is 3.89. The molecule has 0 saturated carbocycles. The quantitative estimate of drug-likeness (QED) is 0.914. The van der Waals surface area contributed by atoms with Crippen LogP contribution in [0.3, 0.4) is 0 Å². The second-order valence-electron chi connectivity index (χ2n) is 3.60. The molecule has 0 aliphatic heterocycles. The largest absolute Gasteiger partial charge is 0.324 e. The van der Waals surface area contributed by atoms with Crippen molar-refractivity contribution < 1.29 is 4.39 Å². The van der Waals surface area contributed by atoms with Crippen molar-refractivity contribution in [1.82, 2.24) is 0 Å². The van der Waals surface area contributed by atoms with E-state index in [4.69, 9.17) is 5.73 Å². The van der Waals surface area contributed by atoms with Crippen molar-refractivity contribution in [1.29, 1.82) is 0 Å². The van der Waals surface area contributed by atoms with Gasteiger partial charge in [-0.25, -0.2) is 4.39 Å². The van der Waals surface area contributed by atoms with Crippen molar-refractivity contribution in [3.63, 3.8) is 0 Å². The van der Waals surface area contributed by atoms with Crippen molar-refractivity contribution >= 4 is 27.3 Å². The molecule has 1 nitrogen and oxygen atoms in total. The molecule has 0 radical (unpaired) electrons. The van der Waals surface area contributed by atoms with E-state index in [-0.39, 0.29) is 11.9 Å². The minimum absolute atomic E-state index is 0.0342. The van der Waals surface area contributed by atoms with E-state index in [1.54, 1.807) is 17.4 Å². The van der Waals surface area contributed by atoms with Crippen molar-refractivity contribution in [3.8, 4) is 0 Å². The van der Waals surface area contributed by atoms with Crippen molar-refractivity contribution in [2.75, 3.05) is 0 Å². The van der Waals surface area contributed by atoms with E-state index >= 15 is 0 Å². The molecule has 0 fully saturated rings. The Morgan fingerprint density at radius 1 is 1.38 bits per heavy atom. The average molecular weight is 300 g/mol. The highest BCUT2D eigenvalue weighted by atomic mass is 79.9. The molecule has 1 atom stereocenters. The molecular formula is C12H11BrFNS. The maximum Gasteiger partial charge on any atom is 0.124 e. The van der Waals surface area contributed by atoms with Crippen molar-refractivity contribution in [3.05, 3.63) is 56.4 Å². The molecule has 4 heteroatoms. The Morgan fingerprint density at radius 2 is 2.19 bits per heavy atom. The molecule has 0 bridgehead atoms. The topological polar surface area (TPSA) is 26.0 Å². The molecule has 16 heavy (non-hydrogen) atoms. The normalized spacial score (nSPS) is 12.7. The molecule has 1 aromatic heterocycles. The number of halogens is 2. The maximum atomic E-state index is 12.9. The summed E-state index contributed by atoms with van der Waals surface area (Å²) in [6.07, 6.45) is 0.706. The van der Waals surface area contributed by atoms with Gasteiger partial charge >= 0.3 is 0 Å². The Balaban J connectivity index is 2.15. The van der Waals surface area contributed by atoms with Gasteiger partial charge in [0.1, 0.15) is 5.82 Å². The van der Waals surface area contributed by atoms with Crippen LogP contribution in [-0.2, 0) is 6.42 Å². The minimum atomic E-state index is -0.236. The number of hydrogen-bond donors (Lipinski definition) is 1. The summed E-state index contributed by atoms with van der Waals surface area (Å²) < 4.78 is 13.7. The van der Waals surface area contributed by atoms with Crippen LogP contribution in [0, 0.1) is 5.82 Å². The first kappa shape index (κ1) is 11.8. The van der Waals surface area contributed by atoms with Crippen molar-refractivity contribution in [2.45, 2.75) is 12.5 Å². The summed E-state index contributed by atoms with van der Waals surface area (Å²) in [6, 6.07) is 6.68. The van der Waals surface area contributed by atoms with Gasteiger partial charge in [0.05, 0.1) is 0 Å². The lowest BCUT2D eigenvalue weighted by molar-refractivity contribution is 0.624. The van der Waals surface area contributed by atoms with Crippen LogP contribution in [0.2, 0.25) is 0 Å². The summed E-state index contributed by atoms with van der Waals surface area (Å²) in [7, 11) is 0. The molecule has 84 valence electrons. The first-order valence-corrected chi connectivity index (χ1v) is 6.62. The monoisotopic (exact) mass is 299 g/mol. The number of thiophene rings is 1. The van der Waals surface area contributed by atoms with Crippen LogP contribution in [0.1, 0.15) is 17.2 Å². The van der Waals surface area contributed by atoms with Gasteiger partial charge in [0, 0.05) is 10.5 Å². The molecule has 0 saturated heterocycles. The summed E-state index contributed by atoms with van der Waals surface area (Å²) in [6.45, 7) is 0. The summed E-state index contributed by atoms with van der Waals surface area (Å²) in [4.78, 5) is 0. The summed E-state index contributed by atoms with van der Waals surface area (Å²) in [5.74, 6) is -0.236. The molecule has 2 rings (SSSR count). The fraction of sp³-hybridized carbons (Fsp3) is 0.167. The molecule has 0 aliphatic rings. The van der Waals surface area contributed by atoms with Gasteiger partial charge in [0.15, 0.2) is 0 Å². The number of rotatable bonds is 3. The Kier molecular flexibility index (Phi) is 3.74. The SMILES string of the molecule is NC(Cc1ccc(F)cc1Br)c1ccsc1. The van der Waals surface area contributed by atoms with Crippen LogP contribution < -0.4 is 5.73 Å². The third-order valence-corrected chi connectivity index (χ3v) is 3.87. The maximum absolute atomic E-state index is 12.9. The lowest BCUT2D eigenvalue weighted by Gasteiger charge is -2.11. The van der Waals surface area contributed by atoms with Gasteiger partial charge in [0.25, 0.3) is 0 Å². The van der Waals surface area contributed by atoms with Crippen LogP contribution in [-0.4, -0.2) is 0 Å². The van der Waals surface area contributed by atoms with E-state index in [0.29, 0.717) is 6.42 Å². The van der Waals surface area contributed by atoms with E-state index < -0.39 is 0 Å². The van der Waals surface area contributed by atoms with Gasteiger partial charge in [-0.05, 0) is 46.5 Å². The second-order valence-corrected chi connectivity index (χ2v) is 5.24. The number of hydrogen-bond acceptors (Lipinski definition) is 2. The second kappa shape index (κ2) is 5.08. The van der Waals surface area contributed by atoms with Gasteiger partial charge in [-0.3, -0.25) is 0 Å². The van der Waals surface area contributed by atoms with E-state index in [1.807, 2.05) is 16.8 Å². The molecule has 0 spiro atoms. The average Bonchev–Trinajstić information content (AvgIpc) is 2.75. The van der Waals surface area contributed by atoms with E-state index in [1.165, 1.54) is 12.1 Å². The van der Waals surface area contributed by atoms with Crippen LogP contribution in [0.5, 0.6) is 0 Å². The zero-order valence-corrected chi connectivity index (χ0v) is 10.9. The molecule has 0 amide bonds. The Morgan fingerprint density at radius 3 is 2.81 bits per heavy atom. The Hall–Kier alpha value is -0.710. The van der Waals surface area contributed by atoms with Gasteiger partial charge in [0.2, 0.25) is 0 Å². The van der Waals surface area contributed by atoms with Gasteiger partial charge in [-0.1, -0.05) is 22.0 Å². The van der Waals surface area contributed by atoms with Crippen LogP contribution >= 0.6 is 27.3 Å². The lowest BCUT2D eigenvalue weighted by Crippen LogP contribution is -2.12. The van der Waals surface area contributed by atoms with E-state index in [9.17, 15) is 4.39 Å². The third-order valence-electron chi connectivity index (χ3n) is 2.43. The molecule has 2 N–H and O–H groups in total. The highest BCUT2D eigenvalue weighted by molar-refractivity contribution is 9.10. The van der Waals surface area contributed by atoms with Gasteiger partial charge in [-0.2, -0.15) is 11.3 Å².